The standard InChI is InChI=1S/C13H16N4O3S/c1-19-9-5-8(6-10(7-9)20-2)12(18)15-4-3-11-16-17-13(14)21-11/h5-7H,3-4H2,1-2H3,(H2,14,17)(H,15,18). The number of hydrogen-bond acceptors (Lipinski definition) is 7. The molecule has 0 aliphatic carbocycles. The van der Waals surface area contributed by atoms with Gasteiger partial charge in [-0.25, -0.2) is 0 Å². The maximum atomic E-state index is 12.1. The predicted molar refractivity (Wildman–Crippen MR) is 79.9 cm³/mol. The number of nitrogens with one attached hydrogen (secondary N) is 1. The van der Waals surface area contributed by atoms with Gasteiger partial charge in [-0.1, -0.05) is 11.3 Å². The molecule has 0 spiro atoms. The SMILES string of the molecule is COc1cc(OC)cc(C(=O)NCCc2nnc(N)s2)c1. The van der Waals surface area contributed by atoms with E-state index in [1.54, 1.807) is 18.2 Å². The molecule has 0 atom stereocenters. The maximum Gasteiger partial charge on any atom is 0.251 e. The summed E-state index contributed by atoms with van der Waals surface area (Å²) in [4.78, 5) is 12.1. The number of anilines is 1. The molecular weight excluding hydrogens is 292 g/mol. The fourth-order valence-corrected chi connectivity index (χ4v) is 2.30. The van der Waals surface area contributed by atoms with Crippen molar-refractivity contribution in [1.29, 1.82) is 0 Å². The van der Waals surface area contributed by atoms with Crippen LogP contribution in [0.4, 0.5) is 5.13 Å². The van der Waals surface area contributed by atoms with E-state index in [9.17, 15) is 4.79 Å². The third-order valence-electron chi connectivity index (χ3n) is 2.72. The second-order valence-corrected chi connectivity index (χ2v) is 5.23. The van der Waals surface area contributed by atoms with Gasteiger partial charge in [-0.15, -0.1) is 10.2 Å². The van der Waals surface area contributed by atoms with E-state index in [4.69, 9.17) is 15.2 Å². The lowest BCUT2D eigenvalue weighted by atomic mass is 10.2. The van der Waals surface area contributed by atoms with Crippen molar-refractivity contribution in [2.45, 2.75) is 6.42 Å². The maximum absolute atomic E-state index is 12.1. The van der Waals surface area contributed by atoms with Gasteiger partial charge in [0.15, 0.2) is 0 Å². The Bertz CT molecular complexity index is 607. The fraction of sp³-hybridized carbons (Fsp3) is 0.308. The summed E-state index contributed by atoms with van der Waals surface area (Å²) in [5, 5.41) is 11.6. The molecule has 21 heavy (non-hydrogen) atoms. The number of nitrogens with two attached hydrogens (primary N) is 1. The van der Waals surface area contributed by atoms with Gasteiger partial charge in [-0.3, -0.25) is 4.79 Å². The van der Waals surface area contributed by atoms with Crippen LogP contribution < -0.4 is 20.5 Å². The zero-order valence-electron chi connectivity index (χ0n) is 11.8. The lowest BCUT2D eigenvalue weighted by Gasteiger charge is -2.08. The molecule has 3 N–H and O–H groups in total. The Morgan fingerprint density at radius 1 is 1.24 bits per heavy atom. The number of aromatic nitrogens is 2. The van der Waals surface area contributed by atoms with E-state index in [1.807, 2.05) is 0 Å². The van der Waals surface area contributed by atoms with Crippen LogP contribution >= 0.6 is 11.3 Å². The van der Waals surface area contributed by atoms with Crippen molar-refractivity contribution in [3.8, 4) is 11.5 Å². The van der Waals surface area contributed by atoms with E-state index in [1.165, 1.54) is 25.6 Å². The van der Waals surface area contributed by atoms with Crippen LogP contribution in [0.1, 0.15) is 15.4 Å². The highest BCUT2D eigenvalue weighted by Gasteiger charge is 2.10. The van der Waals surface area contributed by atoms with Gasteiger partial charge in [0.05, 0.1) is 14.2 Å². The van der Waals surface area contributed by atoms with Crippen LogP contribution in [0.3, 0.4) is 0 Å². The molecule has 1 aromatic carbocycles. The quantitative estimate of drug-likeness (QED) is 0.829. The van der Waals surface area contributed by atoms with Gasteiger partial charge < -0.3 is 20.5 Å². The number of benzene rings is 1. The minimum absolute atomic E-state index is 0.204. The van der Waals surface area contributed by atoms with Crippen molar-refractivity contribution >= 4 is 22.4 Å². The largest absolute Gasteiger partial charge is 0.497 e. The van der Waals surface area contributed by atoms with Crippen LogP contribution in [0.25, 0.3) is 0 Å². The third kappa shape index (κ3) is 4.06. The number of carbonyl (C=O) groups is 1. The number of rotatable bonds is 6. The summed E-state index contributed by atoms with van der Waals surface area (Å²) in [6.07, 6.45) is 0.585. The Morgan fingerprint density at radius 3 is 2.43 bits per heavy atom. The number of amides is 1. The Balaban J connectivity index is 1.96. The molecule has 8 heteroatoms. The molecule has 0 saturated heterocycles. The van der Waals surface area contributed by atoms with Crippen molar-refractivity contribution in [2.75, 3.05) is 26.5 Å². The molecule has 0 aliphatic heterocycles. The van der Waals surface area contributed by atoms with Crippen molar-refractivity contribution in [1.82, 2.24) is 15.5 Å². The summed E-state index contributed by atoms with van der Waals surface area (Å²) in [7, 11) is 3.08. The molecular formula is C13H16N4O3S. The van der Waals surface area contributed by atoms with Gasteiger partial charge in [0.25, 0.3) is 5.91 Å². The van der Waals surface area contributed by atoms with Crippen LogP contribution in [0.5, 0.6) is 11.5 Å². The molecule has 2 rings (SSSR count). The second kappa shape index (κ2) is 6.89. The lowest BCUT2D eigenvalue weighted by Crippen LogP contribution is -2.25. The third-order valence-corrected chi connectivity index (χ3v) is 3.53. The van der Waals surface area contributed by atoms with E-state index in [0.717, 1.165) is 5.01 Å². The summed E-state index contributed by atoms with van der Waals surface area (Å²) < 4.78 is 10.3. The summed E-state index contributed by atoms with van der Waals surface area (Å²) in [6, 6.07) is 5.02. The van der Waals surface area contributed by atoms with Crippen LogP contribution in [-0.4, -0.2) is 36.9 Å². The van der Waals surface area contributed by atoms with Crippen LogP contribution in [0.2, 0.25) is 0 Å². The van der Waals surface area contributed by atoms with Gasteiger partial charge in [0.1, 0.15) is 16.5 Å². The smallest absolute Gasteiger partial charge is 0.251 e. The molecule has 112 valence electrons. The summed E-state index contributed by atoms with van der Waals surface area (Å²) in [5.74, 6) is 0.928. The molecule has 0 bridgehead atoms. The summed E-state index contributed by atoms with van der Waals surface area (Å²) in [5.41, 5.74) is 5.97. The Morgan fingerprint density at radius 2 is 1.90 bits per heavy atom. The van der Waals surface area contributed by atoms with Crippen molar-refractivity contribution in [3.05, 3.63) is 28.8 Å². The number of ether oxygens (including phenoxy) is 2. The molecule has 0 unspecified atom stereocenters. The number of nitrogen functional groups attached to an aromatic ring is 1. The van der Waals surface area contributed by atoms with Gasteiger partial charge in [-0.05, 0) is 12.1 Å². The first-order valence-electron chi connectivity index (χ1n) is 6.21. The number of hydrogen-bond donors (Lipinski definition) is 2. The van der Waals surface area contributed by atoms with Crippen molar-refractivity contribution in [3.63, 3.8) is 0 Å². The molecule has 1 amide bonds. The van der Waals surface area contributed by atoms with E-state index in [2.05, 4.69) is 15.5 Å². The molecule has 1 heterocycles. The Hall–Kier alpha value is -2.35. The molecule has 0 aliphatic rings. The van der Waals surface area contributed by atoms with E-state index < -0.39 is 0 Å². The lowest BCUT2D eigenvalue weighted by molar-refractivity contribution is 0.0953. The highest BCUT2D eigenvalue weighted by Crippen LogP contribution is 2.22. The Kier molecular flexibility index (Phi) is 4.94. The monoisotopic (exact) mass is 308 g/mol. The molecule has 0 fully saturated rings. The van der Waals surface area contributed by atoms with Crippen LogP contribution in [-0.2, 0) is 6.42 Å². The van der Waals surface area contributed by atoms with Crippen LogP contribution in [0.15, 0.2) is 18.2 Å². The second-order valence-electron chi connectivity index (χ2n) is 4.14. The average molecular weight is 308 g/mol. The Labute approximate surface area is 126 Å². The molecule has 2 aromatic rings. The molecule has 1 aromatic heterocycles. The average Bonchev–Trinajstić information content (AvgIpc) is 2.92. The minimum atomic E-state index is -0.204. The summed E-state index contributed by atoms with van der Waals surface area (Å²) in [6.45, 7) is 0.451. The first-order chi connectivity index (χ1) is 10.1. The topological polar surface area (TPSA) is 99.4 Å². The van der Waals surface area contributed by atoms with E-state index >= 15 is 0 Å². The first-order valence-corrected chi connectivity index (χ1v) is 7.03. The van der Waals surface area contributed by atoms with Gasteiger partial charge >= 0.3 is 0 Å². The molecule has 7 nitrogen and oxygen atoms in total. The predicted octanol–water partition coefficient (Wildman–Crippen LogP) is 1.11. The number of methoxy groups -OCH3 is 2. The highest BCUT2D eigenvalue weighted by molar-refractivity contribution is 7.15. The zero-order valence-corrected chi connectivity index (χ0v) is 12.6. The number of nitrogens with zero attached hydrogens (tertiary/aromatic N) is 2. The summed E-state index contributed by atoms with van der Waals surface area (Å²) >= 11 is 1.31. The normalized spacial score (nSPS) is 10.2. The van der Waals surface area contributed by atoms with Gasteiger partial charge in [0.2, 0.25) is 5.13 Å². The van der Waals surface area contributed by atoms with Crippen molar-refractivity contribution in [2.24, 2.45) is 0 Å². The molecule has 0 radical (unpaired) electrons. The van der Waals surface area contributed by atoms with Gasteiger partial charge in [-0.2, -0.15) is 0 Å². The van der Waals surface area contributed by atoms with E-state index in [0.29, 0.717) is 35.2 Å². The van der Waals surface area contributed by atoms with Crippen LogP contribution in [0, 0.1) is 0 Å². The van der Waals surface area contributed by atoms with Gasteiger partial charge in [0, 0.05) is 24.6 Å². The molecule has 0 saturated carbocycles. The van der Waals surface area contributed by atoms with Crippen molar-refractivity contribution < 1.29 is 14.3 Å². The highest BCUT2D eigenvalue weighted by atomic mass is 32.1. The van der Waals surface area contributed by atoms with E-state index in [-0.39, 0.29) is 5.91 Å². The fourth-order valence-electron chi connectivity index (χ4n) is 1.69. The first kappa shape index (κ1) is 15.0. The number of carbonyl (C=O) groups excluding carboxylic acids is 1. The minimum Gasteiger partial charge on any atom is -0.497 e. The zero-order chi connectivity index (χ0) is 15.2.